The van der Waals surface area contributed by atoms with Gasteiger partial charge in [0.05, 0.1) is 0 Å². The summed E-state index contributed by atoms with van der Waals surface area (Å²) in [6, 6.07) is 0. The summed E-state index contributed by atoms with van der Waals surface area (Å²) in [5.74, 6) is 0.0945. The molecule has 0 N–H and O–H groups in total. The fraction of sp³-hybridized carbons (Fsp3) is 0.182. The van der Waals surface area contributed by atoms with Gasteiger partial charge >= 0.3 is 0 Å². The Morgan fingerprint density at radius 3 is 1.50 bits per heavy atom. The van der Waals surface area contributed by atoms with Crippen LogP contribution in [0.3, 0.4) is 0 Å². The van der Waals surface area contributed by atoms with Crippen molar-refractivity contribution in [3.05, 3.63) is 109 Å². The molecule has 0 bridgehead atoms. The first-order chi connectivity index (χ1) is 10.7. The molecule has 0 rings (SSSR count). The lowest BCUT2D eigenvalue weighted by Crippen LogP contribution is -2.08. The van der Waals surface area contributed by atoms with E-state index in [-0.39, 0.29) is 5.92 Å². The summed E-state index contributed by atoms with van der Waals surface area (Å²) in [6.45, 7) is 17.7. The molecule has 0 heterocycles. The zero-order chi connectivity index (χ0) is 16.8. The fourth-order valence-corrected chi connectivity index (χ4v) is 2.22. The molecule has 0 amide bonds. The minimum Gasteiger partial charge on any atom is -0.0991 e. The summed E-state index contributed by atoms with van der Waals surface area (Å²) in [4.78, 5) is 0. The molecule has 0 unspecified atom stereocenters. The summed E-state index contributed by atoms with van der Waals surface area (Å²) in [6.07, 6.45) is 24.1. The lowest BCUT2D eigenvalue weighted by atomic mass is 9.82. The van der Waals surface area contributed by atoms with Crippen LogP contribution in [0.25, 0.3) is 0 Å². The maximum atomic E-state index is 3.98. The first kappa shape index (κ1) is 19.7. The second-order valence-corrected chi connectivity index (χ2v) is 4.63. The molecule has 0 atom stereocenters. The highest BCUT2D eigenvalue weighted by Gasteiger charge is 2.18. The second-order valence-electron chi connectivity index (χ2n) is 4.63. The Morgan fingerprint density at radius 1 is 0.682 bits per heavy atom. The highest BCUT2D eigenvalue weighted by Crippen LogP contribution is 2.31. The normalized spacial score (nSPS) is 15.7. The molecule has 0 aliphatic heterocycles. The van der Waals surface area contributed by atoms with Crippen molar-refractivity contribution in [3.63, 3.8) is 0 Å². The molecular formula is C22H28. The van der Waals surface area contributed by atoms with Crippen LogP contribution in [0.4, 0.5) is 0 Å². The van der Waals surface area contributed by atoms with Gasteiger partial charge in [0.1, 0.15) is 0 Å². The van der Waals surface area contributed by atoms with Crippen LogP contribution in [-0.2, 0) is 0 Å². The van der Waals surface area contributed by atoms with Gasteiger partial charge in [0.15, 0.2) is 0 Å². The summed E-state index contributed by atoms with van der Waals surface area (Å²) in [5, 5.41) is 0. The molecule has 0 nitrogen and oxygen atoms in total. The average Bonchev–Trinajstić information content (AvgIpc) is 2.51. The molecule has 0 aromatic heterocycles. The summed E-state index contributed by atoms with van der Waals surface area (Å²) in [5.41, 5.74) is 3.47. The number of hydrogen-bond donors (Lipinski definition) is 0. The van der Waals surface area contributed by atoms with E-state index in [0.29, 0.717) is 0 Å². The molecule has 0 aliphatic carbocycles. The second kappa shape index (κ2) is 12.4. The monoisotopic (exact) mass is 292 g/mol. The molecule has 0 fully saturated rings. The van der Waals surface area contributed by atoms with Crippen molar-refractivity contribution in [1.29, 1.82) is 0 Å². The van der Waals surface area contributed by atoms with E-state index < -0.39 is 0 Å². The van der Waals surface area contributed by atoms with E-state index >= 15 is 0 Å². The quantitative estimate of drug-likeness (QED) is 0.416. The van der Waals surface area contributed by atoms with Crippen LogP contribution in [0, 0.1) is 5.92 Å². The lowest BCUT2D eigenvalue weighted by Gasteiger charge is -2.21. The molecule has 22 heavy (non-hydrogen) atoms. The first-order valence-corrected chi connectivity index (χ1v) is 7.55. The highest BCUT2D eigenvalue weighted by molar-refractivity contribution is 5.48. The molecule has 0 aliphatic rings. The van der Waals surface area contributed by atoms with E-state index in [1.165, 1.54) is 11.1 Å². The Hall–Kier alpha value is -2.34. The summed E-state index contributed by atoms with van der Waals surface area (Å²) < 4.78 is 0. The van der Waals surface area contributed by atoms with Crippen molar-refractivity contribution in [3.8, 4) is 0 Å². The molecule has 116 valence electrons. The van der Waals surface area contributed by atoms with Crippen LogP contribution in [0.15, 0.2) is 109 Å². The topological polar surface area (TPSA) is 0 Å². The van der Waals surface area contributed by atoms with Crippen molar-refractivity contribution < 1.29 is 0 Å². The minimum absolute atomic E-state index is 0.0945. The standard InChI is InChI=1S/C22H28/c1-7-13-18-19(12-6)22(20(14-8-2)15-9-3)21(16-10-4)17-11-5/h7-18,22H,2,4,6H2,1,3,5H3/b13-7-,15-9-,17-11-,19-18+,20-14+,21-16+. The van der Waals surface area contributed by atoms with Crippen LogP contribution >= 0.6 is 0 Å². The van der Waals surface area contributed by atoms with E-state index in [9.17, 15) is 0 Å². The molecule has 0 radical (unpaired) electrons. The Bertz CT molecular complexity index is 509. The molecule has 0 spiro atoms. The summed E-state index contributed by atoms with van der Waals surface area (Å²) in [7, 11) is 0. The van der Waals surface area contributed by atoms with Crippen LogP contribution in [0.1, 0.15) is 20.8 Å². The molecule has 0 saturated carbocycles. The van der Waals surface area contributed by atoms with Crippen LogP contribution in [-0.4, -0.2) is 0 Å². The van der Waals surface area contributed by atoms with Crippen LogP contribution < -0.4 is 0 Å². The third-order valence-electron chi connectivity index (χ3n) is 3.06. The zero-order valence-corrected chi connectivity index (χ0v) is 14.1. The molecule has 0 saturated heterocycles. The molecule has 0 aromatic carbocycles. The minimum atomic E-state index is 0.0945. The Labute approximate surface area is 136 Å². The smallest absolute Gasteiger partial charge is 0.0339 e. The average molecular weight is 292 g/mol. The van der Waals surface area contributed by atoms with Gasteiger partial charge in [-0.05, 0) is 37.5 Å². The van der Waals surface area contributed by atoms with Gasteiger partial charge in [0.2, 0.25) is 0 Å². The van der Waals surface area contributed by atoms with Crippen LogP contribution in [0.5, 0.6) is 0 Å². The first-order valence-electron chi connectivity index (χ1n) is 7.55. The van der Waals surface area contributed by atoms with E-state index in [4.69, 9.17) is 0 Å². The predicted molar refractivity (Wildman–Crippen MR) is 103 cm³/mol. The van der Waals surface area contributed by atoms with Gasteiger partial charge in [-0.15, -0.1) is 0 Å². The number of hydrogen-bond acceptors (Lipinski definition) is 0. The zero-order valence-electron chi connectivity index (χ0n) is 14.1. The van der Waals surface area contributed by atoms with Crippen molar-refractivity contribution in [2.24, 2.45) is 5.92 Å². The van der Waals surface area contributed by atoms with Gasteiger partial charge in [-0.1, -0.05) is 92.6 Å². The van der Waals surface area contributed by atoms with Crippen molar-refractivity contribution >= 4 is 0 Å². The maximum Gasteiger partial charge on any atom is 0.0339 e. The number of allylic oxidation sites excluding steroid dienone is 15. The molecule has 0 aromatic rings. The largest absolute Gasteiger partial charge is 0.0991 e. The van der Waals surface area contributed by atoms with E-state index in [1.807, 2.05) is 75.5 Å². The maximum absolute atomic E-state index is 3.98. The van der Waals surface area contributed by atoms with E-state index in [2.05, 4.69) is 38.0 Å². The van der Waals surface area contributed by atoms with E-state index in [0.717, 1.165) is 5.57 Å². The summed E-state index contributed by atoms with van der Waals surface area (Å²) >= 11 is 0. The van der Waals surface area contributed by atoms with Crippen molar-refractivity contribution in [1.82, 2.24) is 0 Å². The lowest BCUT2D eigenvalue weighted by molar-refractivity contribution is 0.904. The number of rotatable bonds is 9. The Balaban J connectivity index is 6.32. The highest BCUT2D eigenvalue weighted by atomic mass is 14.2. The van der Waals surface area contributed by atoms with Gasteiger partial charge in [-0.3, -0.25) is 0 Å². The van der Waals surface area contributed by atoms with Crippen LogP contribution in [0.2, 0.25) is 0 Å². The Morgan fingerprint density at radius 2 is 1.18 bits per heavy atom. The Kier molecular flexibility index (Phi) is 11.1. The van der Waals surface area contributed by atoms with Crippen molar-refractivity contribution in [2.45, 2.75) is 20.8 Å². The molecule has 0 heteroatoms. The third-order valence-corrected chi connectivity index (χ3v) is 3.06. The third kappa shape index (κ3) is 6.41. The van der Waals surface area contributed by atoms with Crippen molar-refractivity contribution in [2.75, 3.05) is 0 Å². The van der Waals surface area contributed by atoms with E-state index in [1.54, 1.807) is 0 Å². The fourth-order valence-electron chi connectivity index (χ4n) is 2.22. The molecular weight excluding hydrogens is 264 g/mol. The van der Waals surface area contributed by atoms with Gasteiger partial charge < -0.3 is 0 Å². The SMILES string of the molecule is C=C/C=C(\C=C/C)C(/C(C=C)=C/C=C\C)C(/C=C\C)=C/C=C. The van der Waals surface area contributed by atoms with Gasteiger partial charge in [-0.25, -0.2) is 0 Å². The van der Waals surface area contributed by atoms with Gasteiger partial charge in [-0.2, -0.15) is 0 Å². The van der Waals surface area contributed by atoms with Gasteiger partial charge in [0.25, 0.3) is 0 Å². The predicted octanol–water partition coefficient (Wildman–Crippen LogP) is 6.67. The van der Waals surface area contributed by atoms with Gasteiger partial charge in [0, 0.05) is 5.92 Å².